The van der Waals surface area contributed by atoms with Crippen molar-refractivity contribution < 1.29 is 9.59 Å². The molecule has 0 fully saturated rings. The quantitative estimate of drug-likeness (QED) is 0.752. The van der Waals surface area contributed by atoms with Crippen LogP contribution >= 0.6 is 23.4 Å². The van der Waals surface area contributed by atoms with Crippen molar-refractivity contribution in [3.05, 3.63) is 23.2 Å². The molecule has 0 spiro atoms. The Hall–Kier alpha value is -1.24. The molecule has 110 valence electrons. The first-order valence-corrected chi connectivity index (χ1v) is 7.83. The number of anilines is 2. The fourth-order valence-electron chi connectivity index (χ4n) is 1.49. The Balaban J connectivity index is 2.67. The van der Waals surface area contributed by atoms with Crippen molar-refractivity contribution in [2.24, 2.45) is 5.73 Å². The van der Waals surface area contributed by atoms with Gasteiger partial charge in [0, 0.05) is 12.6 Å². The number of halogens is 1. The highest BCUT2D eigenvalue weighted by molar-refractivity contribution is 7.98. The monoisotopic (exact) mass is 315 g/mol. The van der Waals surface area contributed by atoms with Crippen LogP contribution < -0.4 is 16.4 Å². The molecule has 0 aliphatic heterocycles. The Morgan fingerprint density at radius 1 is 1.40 bits per heavy atom. The van der Waals surface area contributed by atoms with Gasteiger partial charge in [0.1, 0.15) is 0 Å². The van der Waals surface area contributed by atoms with Crippen LogP contribution in [-0.4, -0.2) is 29.9 Å². The number of hydrogen-bond donors (Lipinski definition) is 3. The molecule has 0 aliphatic carbocycles. The van der Waals surface area contributed by atoms with Crippen molar-refractivity contribution in [1.29, 1.82) is 0 Å². The van der Waals surface area contributed by atoms with Gasteiger partial charge >= 0.3 is 0 Å². The Morgan fingerprint density at radius 3 is 2.65 bits per heavy atom. The molecule has 0 aliphatic rings. The molecule has 0 heterocycles. The average molecular weight is 316 g/mol. The van der Waals surface area contributed by atoms with E-state index in [-0.39, 0.29) is 11.8 Å². The lowest BCUT2D eigenvalue weighted by atomic mass is 10.2. The van der Waals surface area contributed by atoms with Crippen molar-refractivity contribution in [3.8, 4) is 0 Å². The number of amides is 2. The molecule has 20 heavy (non-hydrogen) atoms. The van der Waals surface area contributed by atoms with E-state index in [1.54, 1.807) is 30.0 Å². The summed E-state index contributed by atoms with van der Waals surface area (Å²) in [4.78, 5) is 22.8. The first-order valence-electron chi connectivity index (χ1n) is 6.06. The molecule has 0 saturated carbocycles. The zero-order valence-electron chi connectivity index (χ0n) is 11.4. The highest BCUT2D eigenvalue weighted by Gasteiger charge is 2.13. The minimum atomic E-state index is -0.545. The van der Waals surface area contributed by atoms with Crippen molar-refractivity contribution in [1.82, 2.24) is 0 Å². The SMILES string of the molecule is CSCC[C@H](N)C(=O)Nc1ccc(NC(C)=O)c(Cl)c1. The van der Waals surface area contributed by atoms with Gasteiger partial charge in [-0.1, -0.05) is 11.6 Å². The normalized spacial score (nSPS) is 11.8. The van der Waals surface area contributed by atoms with Crippen molar-refractivity contribution in [2.45, 2.75) is 19.4 Å². The second-order valence-corrected chi connectivity index (χ2v) is 5.65. The van der Waals surface area contributed by atoms with E-state index in [4.69, 9.17) is 17.3 Å². The summed E-state index contributed by atoms with van der Waals surface area (Å²) in [5.41, 5.74) is 6.82. The molecule has 1 aromatic carbocycles. The highest BCUT2D eigenvalue weighted by atomic mass is 35.5. The summed E-state index contributed by atoms with van der Waals surface area (Å²) in [6.45, 7) is 1.40. The minimum Gasteiger partial charge on any atom is -0.325 e. The molecule has 0 unspecified atom stereocenters. The molecule has 0 radical (unpaired) electrons. The number of rotatable bonds is 6. The zero-order chi connectivity index (χ0) is 15.1. The van der Waals surface area contributed by atoms with Crippen molar-refractivity contribution in [3.63, 3.8) is 0 Å². The summed E-state index contributed by atoms with van der Waals surface area (Å²) in [5, 5.41) is 5.65. The summed E-state index contributed by atoms with van der Waals surface area (Å²) < 4.78 is 0. The summed E-state index contributed by atoms with van der Waals surface area (Å²) in [6.07, 6.45) is 2.58. The number of nitrogens with two attached hydrogens (primary N) is 1. The van der Waals surface area contributed by atoms with E-state index in [2.05, 4.69) is 10.6 Å². The standard InChI is InChI=1S/C13H18ClN3O2S/c1-8(18)16-12-4-3-9(7-10(12)14)17-13(19)11(15)5-6-20-2/h3-4,7,11H,5-6,15H2,1-2H3,(H,16,18)(H,17,19)/t11-/m0/s1. The lowest BCUT2D eigenvalue weighted by molar-refractivity contribution is -0.117. The molecular weight excluding hydrogens is 298 g/mol. The second-order valence-electron chi connectivity index (χ2n) is 4.25. The number of carbonyl (C=O) groups is 2. The van der Waals surface area contributed by atoms with Crippen LogP contribution in [0.1, 0.15) is 13.3 Å². The van der Waals surface area contributed by atoms with Crippen LogP contribution in [0.25, 0.3) is 0 Å². The van der Waals surface area contributed by atoms with Crippen LogP contribution in [-0.2, 0) is 9.59 Å². The fourth-order valence-corrected chi connectivity index (χ4v) is 2.21. The molecule has 0 saturated heterocycles. The van der Waals surface area contributed by atoms with Gasteiger partial charge in [-0.25, -0.2) is 0 Å². The van der Waals surface area contributed by atoms with Gasteiger partial charge in [-0.15, -0.1) is 0 Å². The molecule has 1 aromatic rings. The van der Waals surface area contributed by atoms with Crippen LogP contribution in [0, 0.1) is 0 Å². The minimum absolute atomic E-state index is 0.206. The molecule has 0 aromatic heterocycles. The van der Waals surface area contributed by atoms with Gasteiger partial charge in [0.15, 0.2) is 0 Å². The van der Waals surface area contributed by atoms with Crippen molar-refractivity contribution in [2.75, 3.05) is 22.6 Å². The van der Waals surface area contributed by atoms with E-state index in [0.717, 1.165) is 5.75 Å². The van der Waals surface area contributed by atoms with Gasteiger partial charge in [0.2, 0.25) is 11.8 Å². The zero-order valence-corrected chi connectivity index (χ0v) is 13.0. The van der Waals surface area contributed by atoms with E-state index in [0.29, 0.717) is 22.8 Å². The molecule has 4 N–H and O–H groups in total. The van der Waals surface area contributed by atoms with E-state index in [9.17, 15) is 9.59 Å². The van der Waals surface area contributed by atoms with Crippen LogP contribution in [0.2, 0.25) is 5.02 Å². The number of nitrogens with one attached hydrogen (secondary N) is 2. The number of hydrogen-bond acceptors (Lipinski definition) is 4. The molecule has 1 rings (SSSR count). The van der Waals surface area contributed by atoms with Crippen molar-refractivity contribution >= 4 is 46.6 Å². The third-order valence-corrected chi connectivity index (χ3v) is 3.47. The third-order valence-electron chi connectivity index (χ3n) is 2.52. The number of carbonyl (C=O) groups excluding carboxylic acids is 2. The summed E-state index contributed by atoms with van der Waals surface area (Å²) in [6, 6.07) is 4.33. The smallest absolute Gasteiger partial charge is 0.241 e. The Morgan fingerprint density at radius 2 is 2.10 bits per heavy atom. The third kappa shape index (κ3) is 5.40. The predicted octanol–water partition coefficient (Wildman–Crippen LogP) is 2.32. The van der Waals surface area contributed by atoms with Gasteiger partial charge in [0.25, 0.3) is 0 Å². The Bertz CT molecular complexity index is 497. The van der Waals surface area contributed by atoms with Crippen LogP contribution in [0.15, 0.2) is 18.2 Å². The maximum atomic E-state index is 11.8. The first kappa shape index (κ1) is 16.8. The molecular formula is C13H18ClN3O2S. The predicted molar refractivity (Wildman–Crippen MR) is 85.4 cm³/mol. The first-order chi connectivity index (χ1) is 9.43. The molecule has 0 bridgehead atoms. The lowest BCUT2D eigenvalue weighted by Crippen LogP contribution is -2.36. The van der Waals surface area contributed by atoms with Gasteiger partial charge in [-0.05, 0) is 36.6 Å². The average Bonchev–Trinajstić information content (AvgIpc) is 2.38. The van der Waals surface area contributed by atoms with E-state index < -0.39 is 6.04 Å². The van der Waals surface area contributed by atoms with Crippen LogP contribution in [0.3, 0.4) is 0 Å². The van der Waals surface area contributed by atoms with Gasteiger partial charge < -0.3 is 16.4 Å². The van der Waals surface area contributed by atoms with E-state index in [1.165, 1.54) is 6.92 Å². The van der Waals surface area contributed by atoms with E-state index >= 15 is 0 Å². The number of benzene rings is 1. The highest BCUT2D eigenvalue weighted by Crippen LogP contribution is 2.25. The molecule has 7 heteroatoms. The maximum absolute atomic E-state index is 11.8. The molecule has 2 amide bonds. The van der Waals surface area contributed by atoms with Gasteiger partial charge in [0.05, 0.1) is 16.8 Å². The Kier molecular flexibility index (Phi) is 6.84. The van der Waals surface area contributed by atoms with Gasteiger partial charge in [-0.3, -0.25) is 9.59 Å². The van der Waals surface area contributed by atoms with Crippen LogP contribution in [0.5, 0.6) is 0 Å². The topological polar surface area (TPSA) is 84.2 Å². The lowest BCUT2D eigenvalue weighted by Gasteiger charge is -2.13. The second kappa shape index (κ2) is 8.14. The number of thioether (sulfide) groups is 1. The maximum Gasteiger partial charge on any atom is 0.241 e. The summed E-state index contributed by atoms with van der Waals surface area (Å²) >= 11 is 7.66. The van der Waals surface area contributed by atoms with Crippen LogP contribution in [0.4, 0.5) is 11.4 Å². The van der Waals surface area contributed by atoms with E-state index in [1.807, 2.05) is 6.26 Å². The summed E-state index contributed by atoms with van der Waals surface area (Å²) in [7, 11) is 0. The largest absolute Gasteiger partial charge is 0.325 e. The molecule has 5 nitrogen and oxygen atoms in total. The Labute approximate surface area is 127 Å². The van der Waals surface area contributed by atoms with Gasteiger partial charge in [-0.2, -0.15) is 11.8 Å². The fraction of sp³-hybridized carbons (Fsp3) is 0.385. The molecule has 1 atom stereocenters. The summed E-state index contributed by atoms with van der Waals surface area (Å²) in [5.74, 6) is 0.377.